The Kier molecular flexibility index (Phi) is 40.4. The normalized spacial score (nSPS) is 17.2. The van der Waals surface area contributed by atoms with Gasteiger partial charge in [-0.05, 0) is 68.4 Å². The lowest BCUT2D eigenvalue weighted by Gasteiger charge is -2.46. The van der Waals surface area contributed by atoms with Crippen molar-refractivity contribution in [2.24, 2.45) is 0 Å². The Hall–Kier alpha value is -4.95. The largest absolute Gasteiger partial charge is 0.508 e. The number of hydrogen-bond donors (Lipinski definition) is 1. The summed E-state index contributed by atoms with van der Waals surface area (Å²) >= 11 is 0. The highest BCUT2D eigenvalue weighted by Crippen LogP contribution is 2.49. The molecule has 0 radical (unpaired) electrons. The molecule has 6 atom stereocenters. The predicted molar refractivity (Wildman–Crippen MR) is 352 cm³/mol. The van der Waals surface area contributed by atoms with Gasteiger partial charge in [-0.3, -0.25) is 18.9 Å². The fraction of sp³-hybridized carbons (Fsp3) is 0.671. The van der Waals surface area contributed by atoms with Gasteiger partial charge in [0.05, 0.1) is 13.0 Å². The molecule has 1 aliphatic heterocycles. The Morgan fingerprint density at radius 1 is 0.596 bits per heavy atom. The van der Waals surface area contributed by atoms with Crippen LogP contribution in [0.2, 0.25) is 0 Å². The molecule has 1 heterocycles. The number of halogens is 2. The SMILES string of the molecule is C=CCCCO[C@@H]1O[C@H](COC(=O)OCc2ccccc2)[C@@H](OP(=O)(c2ccccc2)c2ccccc2)[C@H](OC(=O)C[C@@H](CCCCCCCCCCC)OC(=O)CCCCCCCCCCCCC)[C@H]1NC(=O)C(F)(F)CCCCCCCCCCCC. The summed E-state index contributed by atoms with van der Waals surface area (Å²) in [5.41, 5.74) is 0.686. The number of unbranched alkanes of at least 4 members (excludes halogenated alkanes) is 28. The Morgan fingerprint density at radius 2 is 1.07 bits per heavy atom. The molecular formula is C73H112F2NO12P. The van der Waals surface area contributed by atoms with Crippen molar-refractivity contribution in [1.29, 1.82) is 0 Å². The van der Waals surface area contributed by atoms with Crippen molar-refractivity contribution in [3.05, 3.63) is 109 Å². The molecule has 1 saturated heterocycles. The van der Waals surface area contributed by atoms with Crippen molar-refractivity contribution in [2.45, 2.75) is 301 Å². The molecule has 1 aliphatic rings. The van der Waals surface area contributed by atoms with E-state index >= 15 is 18.1 Å². The van der Waals surface area contributed by atoms with E-state index in [4.69, 9.17) is 32.9 Å². The van der Waals surface area contributed by atoms with Crippen LogP contribution in [0, 0.1) is 0 Å². The minimum Gasteiger partial charge on any atom is -0.462 e. The third-order valence-corrected chi connectivity index (χ3v) is 19.1. The Morgan fingerprint density at radius 3 is 1.57 bits per heavy atom. The van der Waals surface area contributed by atoms with Crippen LogP contribution in [0.1, 0.15) is 257 Å². The van der Waals surface area contributed by atoms with E-state index in [1.165, 1.54) is 77.0 Å². The van der Waals surface area contributed by atoms with Gasteiger partial charge in [0.1, 0.15) is 37.6 Å². The number of nitrogens with one attached hydrogen (secondary N) is 1. The number of ether oxygens (including phenoxy) is 6. The van der Waals surface area contributed by atoms with Gasteiger partial charge in [0.25, 0.3) is 13.3 Å². The molecule has 1 amide bonds. The first-order chi connectivity index (χ1) is 43.3. The molecule has 3 aromatic rings. The van der Waals surface area contributed by atoms with Gasteiger partial charge >= 0.3 is 24.0 Å². The molecule has 89 heavy (non-hydrogen) atoms. The number of amides is 1. The Labute approximate surface area is 534 Å². The van der Waals surface area contributed by atoms with Gasteiger partial charge in [0.2, 0.25) is 0 Å². The molecule has 0 bridgehead atoms. The molecule has 3 aromatic carbocycles. The second kappa shape index (κ2) is 47.0. The lowest BCUT2D eigenvalue weighted by Crippen LogP contribution is -2.67. The van der Waals surface area contributed by atoms with Crippen LogP contribution in [-0.4, -0.2) is 79.9 Å². The number of carbonyl (C=O) groups excluding carboxylic acids is 4. The molecule has 500 valence electrons. The van der Waals surface area contributed by atoms with E-state index in [1.807, 2.05) is 6.07 Å². The fourth-order valence-corrected chi connectivity index (χ4v) is 13.6. The number of allylic oxidation sites excluding steroid dienone is 1. The number of carbonyl (C=O) groups is 4. The van der Waals surface area contributed by atoms with Crippen molar-refractivity contribution >= 4 is 42.0 Å². The highest BCUT2D eigenvalue weighted by molar-refractivity contribution is 7.74. The van der Waals surface area contributed by atoms with Crippen molar-refractivity contribution in [3.8, 4) is 0 Å². The summed E-state index contributed by atoms with van der Waals surface area (Å²) in [6, 6.07) is 23.9. The third-order valence-electron chi connectivity index (χ3n) is 16.6. The summed E-state index contributed by atoms with van der Waals surface area (Å²) < 4.78 is 92.7. The van der Waals surface area contributed by atoms with Crippen LogP contribution in [-0.2, 0) is 58.5 Å². The average Bonchev–Trinajstić information content (AvgIpc) is 1.61. The average molecular weight is 1260 g/mol. The minimum absolute atomic E-state index is 0.0284. The summed E-state index contributed by atoms with van der Waals surface area (Å²) in [4.78, 5) is 56.5. The first kappa shape index (κ1) is 76.5. The van der Waals surface area contributed by atoms with Gasteiger partial charge in [-0.25, -0.2) is 4.79 Å². The van der Waals surface area contributed by atoms with Crippen LogP contribution < -0.4 is 15.9 Å². The van der Waals surface area contributed by atoms with Gasteiger partial charge < -0.3 is 38.3 Å². The van der Waals surface area contributed by atoms with Crippen LogP contribution in [0.3, 0.4) is 0 Å². The van der Waals surface area contributed by atoms with Crippen LogP contribution >= 0.6 is 7.37 Å². The summed E-state index contributed by atoms with van der Waals surface area (Å²) in [6.45, 7) is 9.58. The van der Waals surface area contributed by atoms with E-state index in [-0.39, 0.29) is 36.7 Å². The maximum Gasteiger partial charge on any atom is 0.508 e. The number of hydrogen-bond acceptors (Lipinski definition) is 12. The summed E-state index contributed by atoms with van der Waals surface area (Å²) in [6.07, 6.45) is 24.0. The van der Waals surface area contributed by atoms with E-state index in [9.17, 15) is 14.4 Å². The van der Waals surface area contributed by atoms with E-state index < -0.39 is 93.5 Å². The van der Waals surface area contributed by atoms with Gasteiger partial charge in [-0.1, -0.05) is 267 Å². The van der Waals surface area contributed by atoms with Crippen LogP contribution in [0.25, 0.3) is 0 Å². The monoisotopic (exact) mass is 1260 g/mol. The molecule has 16 heteroatoms. The minimum atomic E-state index is -4.32. The predicted octanol–water partition coefficient (Wildman–Crippen LogP) is 18.6. The second-order valence-electron chi connectivity index (χ2n) is 24.3. The summed E-state index contributed by atoms with van der Waals surface area (Å²) in [7, 11) is -4.32. The third kappa shape index (κ3) is 31.8. The zero-order valence-corrected chi connectivity index (χ0v) is 55.5. The molecule has 1 fully saturated rings. The van der Waals surface area contributed by atoms with Crippen LogP contribution in [0.5, 0.6) is 0 Å². The topological polar surface area (TPSA) is 162 Å². The van der Waals surface area contributed by atoms with E-state index in [0.717, 1.165) is 89.9 Å². The first-order valence-electron chi connectivity index (χ1n) is 34.5. The molecule has 4 rings (SSSR count). The Balaban J connectivity index is 1.73. The zero-order valence-electron chi connectivity index (χ0n) is 54.6. The lowest BCUT2D eigenvalue weighted by atomic mass is 9.95. The smallest absolute Gasteiger partial charge is 0.462 e. The standard InChI is InChI=1S/C73H112F2NO12P/c1-5-9-13-16-19-22-24-26-29-32-44-54-65(77)85-61(49-39-31-28-25-21-18-15-11-7-3)57-66(78)87-69-67(76-71(79)73(74,75)55-45-33-30-27-23-20-17-14-10-6-2)70(82-56-46-12-8-4)86-64(59-84-72(80)83-58-60-47-37-34-38-48-60)68(69)88-89(81,62-50-40-35-41-51-62)63-52-42-36-43-53-63/h8,34-38,40-43,47-48,50-53,61,64,67-70H,4-7,9-33,39,44-46,49,54-59H2,1-3H3,(H,76,79)/t61-,64-,67-,68-,69-,70-/m1/s1. The Bertz CT molecular complexity index is 2340. The van der Waals surface area contributed by atoms with E-state index in [2.05, 4.69) is 32.7 Å². The molecule has 0 unspecified atom stereocenters. The van der Waals surface area contributed by atoms with Gasteiger partial charge in [0.15, 0.2) is 12.4 Å². The van der Waals surface area contributed by atoms with E-state index in [0.29, 0.717) is 44.1 Å². The molecule has 13 nitrogen and oxygen atoms in total. The number of alkyl halides is 2. The highest BCUT2D eigenvalue weighted by Gasteiger charge is 2.55. The fourth-order valence-electron chi connectivity index (χ4n) is 11.3. The van der Waals surface area contributed by atoms with Crippen LogP contribution in [0.15, 0.2) is 104 Å². The number of benzene rings is 3. The quantitative estimate of drug-likeness (QED) is 0.0187. The van der Waals surface area contributed by atoms with Crippen molar-refractivity contribution in [3.63, 3.8) is 0 Å². The van der Waals surface area contributed by atoms with Crippen molar-refractivity contribution in [2.75, 3.05) is 13.2 Å². The second-order valence-corrected chi connectivity index (χ2v) is 26.6. The summed E-state index contributed by atoms with van der Waals surface area (Å²) in [5, 5.41) is 2.96. The first-order valence-corrected chi connectivity index (χ1v) is 36.2. The van der Waals surface area contributed by atoms with Crippen molar-refractivity contribution < 1.29 is 65.5 Å². The zero-order chi connectivity index (χ0) is 64.1. The van der Waals surface area contributed by atoms with Gasteiger partial charge in [0, 0.05) is 23.5 Å². The maximum atomic E-state index is 16.5. The van der Waals surface area contributed by atoms with Crippen LogP contribution in [0.4, 0.5) is 13.6 Å². The number of esters is 2. The molecule has 0 aliphatic carbocycles. The molecule has 0 spiro atoms. The molecular weight excluding hydrogens is 1150 g/mol. The number of rotatable bonds is 52. The summed E-state index contributed by atoms with van der Waals surface area (Å²) in [5.74, 6) is -6.90. The molecule has 0 aromatic heterocycles. The maximum absolute atomic E-state index is 16.5. The lowest BCUT2D eigenvalue weighted by molar-refractivity contribution is -0.270. The van der Waals surface area contributed by atoms with Crippen molar-refractivity contribution in [1.82, 2.24) is 5.32 Å². The molecule has 0 saturated carbocycles. The van der Waals surface area contributed by atoms with E-state index in [1.54, 1.807) is 91.0 Å². The van der Waals surface area contributed by atoms with Gasteiger partial charge in [-0.2, -0.15) is 8.78 Å². The van der Waals surface area contributed by atoms with Gasteiger partial charge in [-0.15, -0.1) is 6.58 Å². The molecule has 1 N–H and O–H groups in total. The highest BCUT2D eigenvalue weighted by atomic mass is 31.2.